The molecule has 24 heavy (non-hydrogen) atoms. The number of rotatable bonds is 8. The molecule has 0 unspecified atom stereocenters. The molecule has 0 saturated heterocycles. The van der Waals surface area contributed by atoms with Gasteiger partial charge >= 0.3 is 5.97 Å². The molecular formula is C17H21N5O2. The fraction of sp³-hybridized carbons (Fsp3) is 0.235. The summed E-state index contributed by atoms with van der Waals surface area (Å²) < 4.78 is 0. The third-order valence-electron chi connectivity index (χ3n) is 3.43. The number of carbonyl (C=O) groups is 1. The number of nitrogens with zero attached hydrogens (tertiary/aromatic N) is 2. The van der Waals surface area contributed by atoms with E-state index in [1.165, 1.54) is 6.21 Å². The van der Waals surface area contributed by atoms with Gasteiger partial charge in [0.2, 0.25) is 0 Å². The van der Waals surface area contributed by atoms with E-state index in [0.29, 0.717) is 19.4 Å². The number of aromatic amines is 1. The first kappa shape index (κ1) is 17.3. The molecule has 0 radical (unpaired) electrons. The number of aliphatic carboxylic acids is 1. The summed E-state index contributed by atoms with van der Waals surface area (Å²) in [7, 11) is 0. The lowest BCUT2D eigenvalue weighted by atomic mass is 10.1. The molecule has 2 rings (SSSR count). The minimum absolute atomic E-state index is 0.00680. The van der Waals surface area contributed by atoms with Crippen LogP contribution in [0.15, 0.2) is 46.5 Å². The number of H-pyrrole nitrogens is 1. The van der Waals surface area contributed by atoms with Crippen molar-refractivity contribution in [3.63, 3.8) is 0 Å². The first-order valence-electron chi connectivity index (χ1n) is 7.61. The van der Waals surface area contributed by atoms with Gasteiger partial charge < -0.3 is 21.6 Å². The number of aromatic nitrogens is 1. The Morgan fingerprint density at radius 2 is 2.17 bits per heavy atom. The molecule has 1 atom stereocenters. The van der Waals surface area contributed by atoms with Gasteiger partial charge in [-0.15, -0.1) is 0 Å². The maximum Gasteiger partial charge on any atom is 0.328 e. The molecular weight excluding hydrogens is 306 g/mol. The molecule has 0 spiro atoms. The Balaban J connectivity index is 1.91. The second kappa shape index (κ2) is 8.52. The maximum atomic E-state index is 11.2. The second-order valence-corrected chi connectivity index (χ2v) is 5.28. The van der Waals surface area contributed by atoms with Gasteiger partial charge in [-0.3, -0.25) is 9.98 Å². The summed E-state index contributed by atoms with van der Waals surface area (Å²) >= 11 is 0. The summed E-state index contributed by atoms with van der Waals surface area (Å²) in [5.41, 5.74) is 12.5. The number of guanidine groups is 1. The van der Waals surface area contributed by atoms with Crippen LogP contribution < -0.4 is 11.5 Å². The molecule has 1 aromatic heterocycles. The van der Waals surface area contributed by atoms with E-state index in [1.54, 1.807) is 6.08 Å². The fourth-order valence-corrected chi connectivity index (χ4v) is 2.23. The van der Waals surface area contributed by atoms with Gasteiger partial charge in [0, 0.05) is 24.5 Å². The highest BCUT2D eigenvalue weighted by Crippen LogP contribution is 2.14. The molecule has 0 bridgehead atoms. The van der Waals surface area contributed by atoms with Crippen LogP contribution in [0.4, 0.5) is 0 Å². The van der Waals surface area contributed by atoms with Crippen molar-refractivity contribution in [2.24, 2.45) is 21.5 Å². The number of carboxylic acids is 1. The minimum Gasteiger partial charge on any atom is -0.480 e. The van der Waals surface area contributed by atoms with Gasteiger partial charge in [0.05, 0.1) is 0 Å². The second-order valence-electron chi connectivity index (χ2n) is 5.28. The van der Waals surface area contributed by atoms with Crippen LogP contribution in [0.25, 0.3) is 17.0 Å². The van der Waals surface area contributed by atoms with Gasteiger partial charge in [-0.05, 0) is 42.0 Å². The Bertz CT molecular complexity index is 772. The Labute approximate surface area is 139 Å². The van der Waals surface area contributed by atoms with E-state index in [2.05, 4.69) is 15.0 Å². The fourth-order valence-electron chi connectivity index (χ4n) is 2.23. The van der Waals surface area contributed by atoms with Crippen molar-refractivity contribution in [2.75, 3.05) is 6.54 Å². The number of fused-ring (bicyclic) bond motifs is 1. The lowest BCUT2D eigenvalue weighted by molar-refractivity contribution is -0.138. The Hall–Kier alpha value is -3.09. The Kier molecular flexibility index (Phi) is 6.13. The van der Waals surface area contributed by atoms with Crippen LogP contribution in [0.2, 0.25) is 0 Å². The van der Waals surface area contributed by atoms with Crippen LogP contribution in [0.3, 0.4) is 0 Å². The number of carboxylic acid groups (broad SMARTS) is 1. The first-order valence-corrected chi connectivity index (χ1v) is 7.61. The maximum absolute atomic E-state index is 11.2. The zero-order valence-corrected chi connectivity index (χ0v) is 13.2. The predicted octanol–water partition coefficient (Wildman–Crippen LogP) is 1.76. The van der Waals surface area contributed by atoms with E-state index in [-0.39, 0.29) is 5.96 Å². The summed E-state index contributed by atoms with van der Waals surface area (Å²) in [6, 6.07) is 7.24. The van der Waals surface area contributed by atoms with Crippen LogP contribution in [0.5, 0.6) is 0 Å². The van der Waals surface area contributed by atoms with Crippen molar-refractivity contribution in [2.45, 2.75) is 18.9 Å². The van der Waals surface area contributed by atoms with Crippen LogP contribution in [0, 0.1) is 0 Å². The van der Waals surface area contributed by atoms with Gasteiger partial charge in [-0.2, -0.15) is 0 Å². The highest BCUT2D eigenvalue weighted by molar-refractivity contribution is 5.85. The highest BCUT2D eigenvalue weighted by Gasteiger charge is 2.13. The third-order valence-corrected chi connectivity index (χ3v) is 3.43. The van der Waals surface area contributed by atoms with Gasteiger partial charge in [0.1, 0.15) is 6.04 Å². The van der Waals surface area contributed by atoms with Crippen LogP contribution in [-0.2, 0) is 4.79 Å². The molecule has 6 N–H and O–H groups in total. The Morgan fingerprint density at radius 1 is 1.33 bits per heavy atom. The van der Waals surface area contributed by atoms with E-state index in [1.807, 2.05) is 36.5 Å². The highest BCUT2D eigenvalue weighted by atomic mass is 16.4. The van der Waals surface area contributed by atoms with Crippen LogP contribution >= 0.6 is 0 Å². The largest absolute Gasteiger partial charge is 0.480 e. The summed E-state index contributed by atoms with van der Waals surface area (Å²) in [5, 5.41) is 10.3. The van der Waals surface area contributed by atoms with Gasteiger partial charge in [0.15, 0.2) is 5.96 Å². The predicted molar refractivity (Wildman–Crippen MR) is 97.2 cm³/mol. The van der Waals surface area contributed by atoms with Crippen molar-refractivity contribution >= 4 is 35.1 Å². The molecule has 0 saturated carbocycles. The Morgan fingerprint density at radius 3 is 2.92 bits per heavy atom. The quantitative estimate of drug-likeness (QED) is 0.334. The molecule has 0 aliphatic carbocycles. The van der Waals surface area contributed by atoms with Crippen LogP contribution in [-0.4, -0.2) is 40.8 Å². The molecule has 2 aromatic rings. The number of hydrogen-bond donors (Lipinski definition) is 4. The lowest BCUT2D eigenvalue weighted by Crippen LogP contribution is -2.23. The van der Waals surface area contributed by atoms with E-state index in [9.17, 15) is 4.79 Å². The molecule has 7 nitrogen and oxygen atoms in total. The molecule has 0 fully saturated rings. The van der Waals surface area contributed by atoms with Crippen molar-refractivity contribution in [1.29, 1.82) is 0 Å². The zero-order chi connectivity index (χ0) is 17.4. The SMILES string of the molecule is NC(N)=NCCC[C@H](N=C/C=C/c1ccc2cc[nH]c2c1)C(=O)O. The summed E-state index contributed by atoms with van der Waals surface area (Å²) in [6.45, 7) is 0.396. The van der Waals surface area contributed by atoms with Crippen molar-refractivity contribution < 1.29 is 9.90 Å². The number of allylic oxidation sites excluding steroid dienone is 1. The number of aliphatic imine (C=N–C) groups is 2. The van der Waals surface area contributed by atoms with Crippen molar-refractivity contribution in [3.8, 4) is 0 Å². The van der Waals surface area contributed by atoms with E-state index in [0.717, 1.165) is 16.5 Å². The molecule has 0 aliphatic heterocycles. The normalized spacial score (nSPS) is 12.8. The first-order chi connectivity index (χ1) is 11.6. The smallest absolute Gasteiger partial charge is 0.328 e. The standard InChI is InChI=1S/C17H21N5O2/c18-17(19)22-9-2-4-14(16(23)24)20-8-1-3-12-5-6-13-7-10-21-15(13)11-12/h1,3,5-8,10-11,14,21H,2,4,9H2,(H,23,24)(H4,18,19,22)/b3-1+,20-8?/t14-/m0/s1. The molecule has 1 heterocycles. The summed E-state index contributed by atoms with van der Waals surface area (Å²) in [5.74, 6) is -0.954. The minimum atomic E-state index is -0.961. The number of nitrogens with two attached hydrogens (primary N) is 2. The molecule has 126 valence electrons. The average Bonchev–Trinajstić information content (AvgIpc) is 3.00. The van der Waals surface area contributed by atoms with Crippen molar-refractivity contribution in [1.82, 2.24) is 4.98 Å². The van der Waals surface area contributed by atoms with Crippen molar-refractivity contribution in [3.05, 3.63) is 42.1 Å². The monoisotopic (exact) mass is 327 g/mol. The van der Waals surface area contributed by atoms with Crippen LogP contribution in [0.1, 0.15) is 18.4 Å². The summed E-state index contributed by atoms with van der Waals surface area (Å²) in [4.78, 5) is 22.2. The van der Waals surface area contributed by atoms with Gasteiger partial charge in [-0.25, -0.2) is 4.79 Å². The van der Waals surface area contributed by atoms with E-state index in [4.69, 9.17) is 16.6 Å². The number of hydrogen-bond acceptors (Lipinski definition) is 3. The van der Waals surface area contributed by atoms with Gasteiger partial charge in [-0.1, -0.05) is 18.2 Å². The third kappa shape index (κ3) is 5.28. The molecule has 7 heteroatoms. The van der Waals surface area contributed by atoms with E-state index >= 15 is 0 Å². The topological polar surface area (TPSA) is 130 Å². The average molecular weight is 327 g/mol. The lowest BCUT2D eigenvalue weighted by Gasteiger charge is -2.05. The number of benzene rings is 1. The zero-order valence-electron chi connectivity index (χ0n) is 13.2. The molecule has 0 aliphatic rings. The molecule has 1 aromatic carbocycles. The van der Waals surface area contributed by atoms with E-state index < -0.39 is 12.0 Å². The number of nitrogens with one attached hydrogen (secondary N) is 1. The summed E-state index contributed by atoms with van der Waals surface area (Å²) in [6.07, 6.45) is 7.94. The van der Waals surface area contributed by atoms with Gasteiger partial charge in [0.25, 0.3) is 0 Å². The molecule has 0 amide bonds.